The molecule has 0 saturated carbocycles. The van der Waals surface area contributed by atoms with Crippen molar-refractivity contribution in [3.05, 3.63) is 18.0 Å². The van der Waals surface area contributed by atoms with E-state index < -0.39 is 0 Å². The average Bonchev–Trinajstić information content (AvgIpc) is 2.44. The lowest BCUT2D eigenvalue weighted by molar-refractivity contribution is -0.0779. The Kier molecular flexibility index (Phi) is 2.09. The molecular formula is C9H15N3O. The molecule has 0 bridgehead atoms. The molecule has 0 unspecified atom stereocenters. The number of hydrogen-bond donors (Lipinski definition) is 1. The third kappa shape index (κ3) is 1.89. The summed E-state index contributed by atoms with van der Waals surface area (Å²) in [5.74, 6) is 0. The minimum atomic E-state index is 0.0253. The van der Waals surface area contributed by atoms with Crippen molar-refractivity contribution in [3.63, 3.8) is 0 Å². The topological polar surface area (TPSA) is 39.1 Å². The van der Waals surface area contributed by atoms with Gasteiger partial charge in [0.2, 0.25) is 0 Å². The molecule has 0 atom stereocenters. The van der Waals surface area contributed by atoms with Gasteiger partial charge in [0.1, 0.15) is 0 Å². The zero-order chi connectivity index (χ0) is 9.31. The predicted molar refractivity (Wildman–Crippen MR) is 49.3 cm³/mol. The van der Waals surface area contributed by atoms with Crippen LogP contribution in [-0.2, 0) is 18.4 Å². The molecule has 0 aromatic carbocycles. The van der Waals surface area contributed by atoms with E-state index in [4.69, 9.17) is 4.74 Å². The molecule has 1 aromatic heterocycles. The molecule has 2 rings (SSSR count). The fourth-order valence-electron chi connectivity index (χ4n) is 1.37. The van der Waals surface area contributed by atoms with Gasteiger partial charge in [0, 0.05) is 26.3 Å². The summed E-state index contributed by atoms with van der Waals surface area (Å²) in [7, 11) is 1.91. The van der Waals surface area contributed by atoms with Crippen LogP contribution in [0.4, 0.5) is 0 Å². The molecule has 2 heterocycles. The van der Waals surface area contributed by atoms with Gasteiger partial charge in [-0.3, -0.25) is 4.68 Å². The SMILES string of the molecule is Cn1ccc(COC2(C)CNC2)n1. The Hall–Kier alpha value is -0.870. The molecule has 4 heteroatoms. The second-order valence-corrected chi connectivity index (χ2v) is 3.82. The third-order valence-electron chi connectivity index (χ3n) is 2.34. The van der Waals surface area contributed by atoms with Crippen molar-refractivity contribution in [2.75, 3.05) is 13.1 Å². The molecule has 1 fully saturated rings. The van der Waals surface area contributed by atoms with Crippen LogP contribution in [0.15, 0.2) is 12.3 Å². The zero-order valence-electron chi connectivity index (χ0n) is 8.08. The molecule has 1 aromatic rings. The van der Waals surface area contributed by atoms with E-state index in [-0.39, 0.29) is 5.60 Å². The van der Waals surface area contributed by atoms with Gasteiger partial charge in [0.15, 0.2) is 0 Å². The first kappa shape index (κ1) is 8.72. The van der Waals surface area contributed by atoms with E-state index in [0.29, 0.717) is 6.61 Å². The summed E-state index contributed by atoms with van der Waals surface area (Å²) in [5, 5.41) is 7.44. The van der Waals surface area contributed by atoms with E-state index in [9.17, 15) is 0 Å². The van der Waals surface area contributed by atoms with Crippen molar-refractivity contribution in [2.24, 2.45) is 7.05 Å². The molecule has 0 radical (unpaired) electrons. The van der Waals surface area contributed by atoms with E-state index in [1.807, 2.05) is 19.3 Å². The molecule has 1 N–H and O–H groups in total. The van der Waals surface area contributed by atoms with Crippen LogP contribution in [0.1, 0.15) is 12.6 Å². The van der Waals surface area contributed by atoms with Gasteiger partial charge in [-0.2, -0.15) is 5.10 Å². The highest BCUT2D eigenvalue weighted by Crippen LogP contribution is 2.16. The number of nitrogens with one attached hydrogen (secondary N) is 1. The van der Waals surface area contributed by atoms with Gasteiger partial charge in [0.05, 0.1) is 17.9 Å². The van der Waals surface area contributed by atoms with Gasteiger partial charge in [-0.05, 0) is 13.0 Å². The minimum absolute atomic E-state index is 0.0253. The van der Waals surface area contributed by atoms with Crippen molar-refractivity contribution in [1.82, 2.24) is 15.1 Å². The number of ether oxygens (including phenoxy) is 1. The monoisotopic (exact) mass is 181 g/mol. The molecule has 0 aliphatic carbocycles. The first-order chi connectivity index (χ1) is 6.18. The van der Waals surface area contributed by atoms with Gasteiger partial charge in [-0.15, -0.1) is 0 Å². The van der Waals surface area contributed by atoms with E-state index in [2.05, 4.69) is 17.3 Å². The normalized spacial score (nSPS) is 19.8. The molecule has 13 heavy (non-hydrogen) atoms. The van der Waals surface area contributed by atoms with E-state index in [0.717, 1.165) is 18.8 Å². The maximum atomic E-state index is 5.73. The highest BCUT2D eigenvalue weighted by molar-refractivity contribution is 4.98. The molecule has 1 aliphatic heterocycles. The maximum absolute atomic E-state index is 5.73. The van der Waals surface area contributed by atoms with Crippen LogP contribution < -0.4 is 5.32 Å². The van der Waals surface area contributed by atoms with Gasteiger partial charge < -0.3 is 10.1 Å². The molecule has 72 valence electrons. The highest BCUT2D eigenvalue weighted by atomic mass is 16.5. The Balaban J connectivity index is 1.85. The summed E-state index contributed by atoms with van der Waals surface area (Å²) in [6.07, 6.45) is 1.93. The first-order valence-electron chi connectivity index (χ1n) is 4.51. The summed E-state index contributed by atoms with van der Waals surface area (Å²) in [4.78, 5) is 0. The summed E-state index contributed by atoms with van der Waals surface area (Å²) < 4.78 is 7.52. The quantitative estimate of drug-likeness (QED) is 0.729. The lowest BCUT2D eigenvalue weighted by Gasteiger charge is -2.38. The summed E-state index contributed by atoms with van der Waals surface area (Å²) in [6, 6.07) is 1.98. The minimum Gasteiger partial charge on any atom is -0.366 e. The lowest BCUT2D eigenvalue weighted by atomic mass is 10.0. The molecular weight excluding hydrogens is 166 g/mol. The van der Waals surface area contributed by atoms with Gasteiger partial charge >= 0.3 is 0 Å². The Morgan fingerprint density at radius 3 is 2.92 bits per heavy atom. The van der Waals surface area contributed by atoms with Crippen molar-refractivity contribution in [1.29, 1.82) is 0 Å². The number of hydrogen-bond acceptors (Lipinski definition) is 3. The molecule has 0 spiro atoms. The Labute approximate surface area is 77.9 Å². The van der Waals surface area contributed by atoms with Gasteiger partial charge in [-0.1, -0.05) is 0 Å². The van der Waals surface area contributed by atoms with Crippen LogP contribution >= 0.6 is 0 Å². The van der Waals surface area contributed by atoms with Crippen molar-refractivity contribution < 1.29 is 4.74 Å². The Bertz CT molecular complexity index is 291. The van der Waals surface area contributed by atoms with Gasteiger partial charge in [0.25, 0.3) is 0 Å². The lowest BCUT2D eigenvalue weighted by Crippen LogP contribution is -2.58. The summed E-state index contributed by atoms with van der Waals surface area (Å²) >= 11 is 0. The first-order valence-corrected chi connectivity index (χ1v) is 4.51. The highest BCUT2D eigenvalue weighted by Gasteiger charge is 2.32. The molecule has 4 nitrogen and oxygen atoms in total. The third-order valence-corrected chi connectivity index (χ3v) is 2.34. The zero-order valence-corrected chi connectivity index (χ0v) is 8.08. The average molecular weight is 181 g/mol. The van der Waals surface area contributed by atoms with Crippen LogP contribution in [-0.4, -0.2) is 28.5 Å². The van der Waals surface area contributed by atoms with Crippen LogP contribution in [0.25, 0.3) is 0 Å². The predicted octanol–water partition coefficient (Wildman–Crippen LogP) is 0.299. The smallest absolute Gasteiger partial charge is 0.0915 e. The van der Waals surface area contributed by atoms with Gasteiger partial charge in [-0.25, -0.2) is 0 Å². The van der Waals surface area contributed by atoms with Crippen molar-refractivity contribution in [3.8, 4) is 0 Å². The Morgan fingerprint density at radius 2 is 2.46 bits per heavy atom. The largest absolute Gasteiger partial charge is 0.366 e. The summed E-state index contributed by atoms with van der Waals surface area (Å²) in [5.41, 5.74) is 1.02. The van der Waals surface area contributed by atoms with Crippen LogP contribution in [0.2, 0.25) is 0 Å². The number of rotatable bonds is 3. The van der Waals surface area contributed by atoms with Crippen LogP contribution in [0, 0.1) is 0 Å². The van der Waals surface area contributed by atoms with E-state index >= 15 is 0 Å². The van der Waals surface area contributed by atoms with Crippen LogP contribution in [0.5, 0.6) is 0 Å². The standard InChI is InChI=1S/C9H15N3O/c1-9(6-10-7-9)13-5-8-3-4-12(2)11-8/h3-4,10H,5-7H2,1-2H3. The molecule has 1 saturated heterocycles. The second-order valence-electron chi connectivity index (χ2n) is 3.82. The maximum Gasteiger partial charge on any atom is 0.0915 e. The molecule has 1 aliphatic rings. The fraction of sp³-hybridized carbons (Fsp3) is 0.667. The molecule has 0 amide bonds. The van der Waals surface area contributed by atoms with E-state index in [1.165, 1.54) is 0 Å². The number of nitrogens with zero attached hydrogens (tertiary/aromatic N) is 2. The number of aromatic nitrogens is 2. The fourth-order valence-corrected chi connectivity index (χ4v) is 1.37. The second kappa shape index (κ2) is 3.12. The van der Waals surface area contributed by atoms with Crippen molar-refractivity contribution in [2.45, 2.75) is 19.1 Å². The van der Waals surface area contributed by atoms with E-state index in [1.54, 1.807) is 4.68 Å². The number of aryl methyl sites for hydroxylation is 1. The van der Waals surface area contributed by atoms with Crippen LogP contribution in [0.3, 0.4) is 0 Å². The van der Waals surface area contributed by atoms with Crippen molar-refractivity contribution >= 4 is 0 Å². The Morgan fingerprint density at radius 1 is 1.69 bits per heavy atom. The summed E-state index contributed by atoms with van der Waals surface area (Å²) in [6.45, 7) is 4.62.